The average molecular weight is 263 g/mol. The number of benzene rings is 1. The molecule has 6 nitrogen and oxygen atoms in total. The number of nitrogens with zero attached hydrogens (tertiary/aromatic N) is 1. The average Bonchev–Trinajstić information content (AvgIpc) is 2.86. The van der Waals surface area contributed by atoms with Gasteiger partial charge in [0.05, 0.1) is 11.0 Å². The number of hydrogen-bond donors (Lipinski definition) is 2. The number of nitro benzene ring substituents is 1. The number of rotatable bonds is 3. The van der Waals surface area contributed by atoms with Crippen LogP contribution in [0.2, 0.25) is 0 Å². The minimum Gasteiger partial charge on any atom is -0.324 e. The lowest BCUT2D eigenvalue weighted by molar-refractivity contribution is -0.385. The first-order chi connectivity index (χ1) is 8.99. The molecule has 2 N–H and O–H groups in total. The molecule has 1 aliphatic rings. The van der Waals surface area contributed by atoms with Crippen LogP contribution in [0.15, 0.2) is 12.1 Å². The summed E-state index contributed by atoms with van der Waals surface area (Å²) in [6, 6.07) is 2.99. The maximum absolute atomic E-state index is 12.0. The molecule has 0 aliphatic carbocycles. The van der Waals surface area contributed by atoms with Crippen molar-refractivity contribution in [2.45, 2.75) is 32.7 Å². The van der Waals surface area contributed by atoms with E-state index >= 15 is 0 Å². The molecule has 6 heteroatoms. The fraction of sp³-hybridized carbons (Fsp3) is 0.462. The molecule has 1 amide bonds. The zero-order valence-electron chi connectivity index (χ0n) is 11.0. The predicted molar refractivity (Wildman–Crippen MR) is 72.2 cm³/mol. The van der Waals surface area contributed by atoms with Crippen LogP contribution in [0, 0.1) is 24.0 Å². The van der Waals surface area contributed by atoms with E-state index in [9.17, 15) is 14.9 Å². The van der Waals surface area contributed by atoms with Crippen molar-refractivity contribution < 1.29 is 9.72 Å². The summed E-state index contributed by atoms with van der Waals surface area (Å²) in [5.74, 6) is -0.0751. The molecule has 0 bridgehead atoms. The molecule has 1 heterocycles. The SMILES string of the molecule is Cc1cc([N+](=O)[O-])c(C)cc1NC(=O)C1CCCN1. The first-order valence-corrected chi connectivity index (χ1v) is 6.29. The molecule has 1 aliphatic heterocycles. The van der Waals surface area contributed by atoms with Gasteiger partial charge in [-0.3, -0.25) is 14.9 Å². The van der Waals surface area contributed by atoms with Crippen LogP contribution in [0.25, 0.3) is 0 Å². The van der Waals surface area contributed by atoms with E-state index in [4.69, 9.17) is 0 Å². The normalized spacial score (nSPS) is 18.3. The summed E-state index contributed by atoms with van der Waals surface area (Å²) in [6.07, 6.45) is 1.83. The number of carbonyl (C=O) groups is 1. The van der Waals surface area contributed by atoms with Crippen molar-refractivity contribution in [2.24, 2.45) is 0 Å². The van der Waals surface area contributed by atoms with E-state index < -0.39 is 4.92 Å². The quantitative estimate of drug-likeness (QED) is 0.644. The maximum atomic E-state index is 12.0. The monoisotopic (exact) mass is 263 g/mol. The summed E-state index contributed by atoms with van der Waals surface area (Å²) < 4.78 is 0. The Bertz CT molecular complexity index is 522. The third kappa shape index (κ3) is 2.90. The molecule has 0 aromatic heterocycles. The van der Waals surface area contributed by atoms with E-state index in [-0.39, 0.29) is 17.6 Å². The second-order valence-corrected chi connectivity index (χ2v) is 4.85. The van der Waals surface area contributed by atoms with Crippen molar-refractivity contribution in [3.63, 3.8) is 0 Å². The van der Waals surface area contributed by atoms with Crippen LogP contribution in [-0.4, -0.2) is 23.4 Å². The third-order valence-corrected chi connectivity index (χ3v) is 3.37. The number of aryl methyl sites for hydroxylation is 2. The minimum absolute atomic E-state index is 0.0751. The fourth-order valence-corrected chi connectivity index (χ4v) is 2.26. The van der Waals surface area contributed by atoms with Crippen molar-refractivity contribution in [1.29, 1.82) is 0 Å². The first-order valence-electron chi connectivity index (χ1n) is 6.29. The summed E-state index contributed by atoms with van der Waals surface area (Å²) in [5.41, 5.74) is 1.96. The van der Waals surface area contributed by atoms with Gasteiger partial charge in [0.1, 0.15) is 0 Å². The molecule has 0 spiro atoms. The van der Waals surface area contributed by atoms with Crippen molar-refractivity contribution in [3.8, 4) is 0 Å². The highest BCUT2D eigenvalue weighted by Gasteiger charge is 2.23. The summed E-state index contributed by atoms with van der Waals surface area (Å²) >= 11 is 0. The van der Waals surface area contributed by atoms with Crippen LogP contribution >= 0.6 is 0 Å². The smallest absolute Gasteiger partial charge is 0.272 e. The lowest BCUT2D eigenvalue weighted by atomic mass is 10.1. The van der Waals surface area contributed by atoms with Crippen LogP contribution in [0.4, 0.5) is 11.4 Å². The minimum atomic E-state index is -0.410. The van der Waals surface area contributed by atoms with E-state index in [1.165, 1.54) is 6.07 Å². The topological polar surface area (TPSA) is 84.3 Å². The molecule has 2 rings (SSSR count). The van der Waals surface area contributed by atoms with Crippen LogP contribution < -0.4 is 10.6 Å². The second kappa shape index (κ2) is 5.36. The fourth-order valence-electron chi connectivity index (χ4n) is 2.26. The molecule has 1 atom stereocenters. The van der Waals surface area contributed by atoms with Crippen molar-refractivity contribution in [1.82, 2.24) is 5.32 Å². The Morgan fingerprint density at radius 2 is 2.16 bits per heavy atom. The summed E-state index contributed by atoms with van der Waals surface area (Å²) in [4.78, 5) is 22.4. The Kier molecular flexibility index (Phi) is 3.80. The first kappa shape index (κ1) is 13.5. The van der Waals surface area contributed by atoms with E-state index in [0.717, 1.165) is 19.4 Å². The molecule has 0 saturated carbocycles. The van der Waals surface area contributed by atoms with Crippen LogP contribution in [0.5, 0.6) is 0 Å². The third-order valence-electron chi connectivity index (χ3n) is 3.37. The Balaban J connectivity index is 2.18. The zero-order chi connectivity index (χ0) is 14.0. The van der Waals surface area contributed by atoms with Gasteiger partial charge in [-0.05, 0) is 44.9 Å². The van der Waals surface area contributed by atoms with Gasteiger partial charge in [-0.15, -0.1) is 0 Å². The Hall–Kier alpha value is -1.95. The van der Waals surface area contributed by atoms with Crippen molar-refractivity contribution in [3.05, 3.63) is 33.4 Å². The van der Waals surface area contributed by atoms with E-state index in [0.29, 0.717) is 16.8 Å². The van der Waals surface area contributed by atoms with Gasteiger partial charge in [-0.25, -0.2) is 0 Å². The van der Waals surface area contributed by atoms with Gasteiger partial charge in [-0.1, -0.05) is 0 Å². The van der Waals surface area contributed by atoms with Crippen LogP contribution in [0.1, 0.15) is 24.0 Å². The van der Waals surface area contributed by atoms with E-state index in [1.54, 1.807) is 19.9 Å². The van der Waals surface area contributed by atoms with Gasteiger partial charge in [0.2, 0.25) is 5.91 Å². The number of carbonyl (C=O) groups excluding carboxylic acids is 1. The number of anilines is 1. The lowest BCUT2D eigenvalue weighted by Crippen LogP contribution is -2.35. The lowest BCUT2D eigenvalue weighted by Gasteiger charge is -2.13. The van der Waals surface area contributed by atoms with Crippen LogP contribution in [-0.2, 0) is 4.79 Å². The molecule has 0 radical (unpaired) electrons. The molecule has 1 unspecified atom stereocenters. The molecule has 19 heavy (non-hydrogen) atoms. The molecule has 102 valence electrons. The molecule has 1 aromatic carbocycles. The zero-order valence-corrected chi connectivity index (χ0v) is 11.0. The van der Waals surface area contributed by atoms with Gasteiger partial charge in [-0.2, -0.15) is 0 Å². The van der Waals surface area contributed by atoms with Gasteiger partial charge < -0.3 is 10.6 Å². The van der Waals surface area contributed by atoms with Crippen LogP contribution in [0.3, 0.4) is 0 Å². The Morgan fingerprint density at radius 3 is 2.74 bits per heavy atom. The highest BCUT2D eigenvalue weighted by Crippen LogP contribution is 2.26. The highest BCUT2D eigenvalue weighted by atomic mass is 16.6. The van der Waals surface area contributed by atoms with Gasteiger partial charge in [0, 0.05) is 17.3 Å². The molecular formula is C13H17N3O3. The van der Waals surface area contributed by atoms with Gasteiger partial charge >= 0.3 is 0 Å². The molecule has 1 aromatic rings. The van der Waals surface area contributed by atoms with Crippen molar-refractivity contribution >= 4 is 17.3 Å². The largest absolute Gasteiger partial charge is 0.324 e. The van der Waals surface area contributed by atoms with Gasteiger partial charge in [0.25, 0.3) is 5.69 Å². The van der Waals surface area contributed by atoms with Gasteiger partial charge in [0.15, 0.2) is 0 Å². The second-order valence-electron chi connectivity index (χ2n) is 4.85. The number of amides is 1. The van der Waals surface area contributed by atoms with Crippen molar-refractivity contribution in [2.75, 3.05) is 11.9 Å². The summed E-state index contributed by atoms with van der Waals surface area (Å²) in [6.45, 7) is 4.28. The molecule has 1 fully saturated rings. The standard InChI is InChI=1S/C13H17N3O3/c1-8-7-12(16(18)19)9(2)6-11(8)15-13(17)10-4-3-5-14-10/h6-7,10,14H,3-5H2,1-2H3,(H,15,17). The molecular weight excluding hydrogens is 246 g/mol. The van der Waals surface area contributed by atoms with E-state index in [2.05, 4.69) is 10.6 Å². The number of hydrogen-bond acceptors (Lipinski definition) is 4. The number of nitro groups is 1. The summed E-state index contributed by atoms with van der Waals surface area (Å²) in [7, 11) is 0. The van der Waals surface area contributed by atoms with E-state index in [1.807, 2.05) is 0 Å². The number of nitrogens with one attached hydrogen (secondary N) is 2. The summed E-state index contributed by atoms with van der Waals surface area (Å²) in [5, 5.41) is 16.8. The predicted octanol–water partition coefficient (Wildman–Crippen LogP) is 1.90. The Labute approximate surface area is 111 Å². The highest BCUT2D eigenvalue weighted by molar-refractivity contribution is 5.95. The molecule has 1 saturated heterocycles. The Morgan fingerprint density at radius 1 is 1.42 bits per heavy atom. The maximum Gasteiger partial charge on any atom is 0.272 e.